The number of rotatable bonds is 4. The molecule has 0 aromatic heterocycles. The van der Waals surface area contributed by atoms with Gasteiger partial charge in [-0.25, -0.2) is 9.59 Å². The van der Waals surface area contributed by atoms with Crippen LogP contribution in [0.5, 0.6) is 0 Å². The SMILES string of the molecule is Cc1ccc(Nc2cccc(C(=O)O)c2)c(C(=O)O)c1. The third-order valence-electron chi connectivity index (χ3n) is 2.79. The zero-order chi connectivity index (χ0) is 14.7. The Labute approximate surface area is 115 Å². The zero-order valence-corrected chi connectivity index (χ0v) is 10.8. The lowest BCUT2D eigenvalue weighted by Gasteiger charge is -2.11. The van der Waals surface area contributed by atoms with E-state index in [1.165, 1.54) is 12.1 Å². The van der Waals surface area contributed by atoms with Crippen LogP contribution < -0.4 is 5.32 Å². The number of carboxylic acids is 2. The average Bonchev–Trinajstić information content (AvgIpc) is 2.41. The summed E-state index contributed by atoms with van der Waals surface area (Å²) in [6.45, 7) is 1.81. The van der Waals surface area contributed by atoms with Crippen LogP contribution in [0.25, 0.3) is 0 Å². The normalized spacial score (nSPS) is 10.1. The quantitative estimate of drug-likeness (QED) is 0.795. The Kier molecular flexibility index (Phi) is 3.70. The maximum atomic E-state index is 11.2. The first kappa shape index (κ1) is 13.6. The molecule has 0 atom stereocenters. The zero-order valence-electron chi connectivity index (χ0n) is 10.8. The summed E-state index contributed by atoms with van der Waals surface area (Å²) in [5.74, 6) is -2.07. The molecule has 0 bridgehead atoms. The van der Waals surface area contributed by atoms with Crippen molar-refractivity contribution >= 4 is 23.3 Å². The third-order valence-corrected chi connectivity index (χ3v) is 2.79. The van der Waals surface area contributed by atoms with Crippen LogP contribution in [0.2, 0.25) is 0 Å². The second-order valence-electron chi connectivity index (χ2n) is 4.37. The van der Waals surface area contributed by atoms with Gasteiger partial charge in [-0.2, -0.15) is 0 Å². The predicted molar refractivity (Wildman–Crippen MR) is 74.8 cm³/mol. The molecule has 0 radical (unpaired) electrons. The summed E-state index contributed by atoms with van der Waals surface area (Å²) in [6.07, 6.45) is 0. The van der Waals surface area contributed by atoms with Crippen LogP contribution in [-0.4, -0.2) is 22.2 Å². The molecule has 3 N–H and O–H groups in total. The van der Waals surface area contributed by atoms with Crippen LogP contribution in [-0.2, 0) is 0 Å². The van der Waals surface area contributed by atoms with Crippen molar-refractivity contribution in [3.05, 3.63) is 59.2 Å². The van der Waals surface area contributed by atoms with Crippen molar-refractivity contribution in [2.45, 2.75) is 6.92 Å². The van der Waals surface area contributed by atoms with Gasteiger partial charge in [0.2, 0.25) is 0 Å². The van der Waals surface area contributed by atoms with E-state index < -0.39 is 11.9 Å². The van der Waals surface area contributed by atoms with Crippen molar-refractivity contribution in [1.29, 1.82) is 0 Å². The van der Waals surface area contributed by atoms with Crippen LogP contribution in [0.3, 0.4) is 0 Å². The van der Waals surface area contributed by atoms with E-state index in [1.54, 1.807) is 37.3 Å². The van der Waals surface area contributed by atoms with Crippen LogP contribution in [0.15, 0.2) is 42.5 Å². The highest BCUT2D eigenvalue weighted by Crippen LogP contribution is 2.23. The molecule has 5 heteroatoms. The van der Waals surface area contributed by atoms with Crippen LogP contribution in [0, 0.1) is 6.92 Å². The molecular formula is C15H13NO4. The minimum absolute atomic E-state index is 0.138. The summed E-state index contributed by atoms with van der Waals surface area (Å²) < 4.78 is 0. The van der Waals surface area contributed by atoms with Gasteiger partial charge in [-0.05, 0) is 37.3 Å². The molecule has 0 saturated carbocycles. The van der Waals surface area contributed by atoms with Gasteiger partial charge in [0.1, 0.15) is 0 Å². The Balaban J connectivity index is 2.37. The Hall–Kier alpha value is -2.82. The number of carbonyl (C=O) groups is 2. The molecule has 0 heterocycles. The standard InChI is InChI=1S/C15H13NO4/c1-9-5-6-13(12(7-9)15(19)20)16-11-4-2-3-10(8-11)14(17)18/h2-8,16H,1H3,(H,17,18)(H,19,20). The number of anilines is 2. The van der Waals surface area contributed by atoms with Crippen molar-refractivity contribution in [1.82, 2.24) is 0 Å². The van der Waals surface area contributed by atoms with Gasteiger partial charge in [0.25, 0.3) is 0 Å². The fraction of sp³-hybridized carbons (Fsp3) is 0.0667. The minimum Gasteiger partial charge on any atom is -0.478 e. The number of aryl methyl sites for hydroxylation is 1. The lowest BCUT2D eigenvalue weighted by atomic mass is 10.1. The molecule has 102 valence electrons. The summed E-state index contributed by atoms with van der Waals surface area (Å²) >= 11 is 0. The van der Waals surface area contributed by atoms with Crippen LogP contribution >= 0.6 is 0 Å². The Morgan fingerprint density at radius 2 is 1.75 bits per heavy atom. The molecule has 0 fully saturated rings. The number of aromatic carboxylic acids is 2. The predicted octanol–water partition coefficient (Wildman–Crippen LogP) is 3.14. The highest BCUT2D eigenvalue weighted by Gasteiger charge is 2.11. The van der Waals surface area contributed by atoms with Gasteiger partial charge < -0.3 is 15.5 Å². The molecule has 0 amide bonds. The number of hydrogen-bond acceptors (Lipinski definition) is 3. The molecule has 0 aliphatic rings. The van der Waals surface area contributed by atoms with Gasteiger partial charge in [0, 0.05) is 5.69 Å². The Morgan fingerprint density at radius 1 is 1.00 bits per heavy atom. The fourth-order valence-electron chi connectivity index (χ4n) is 1.83. The van der Waals surface area contributed by atoms with Crippen LogP contribution in [0.1, 0.15) is 26.3 Å². The van der Waals surface area contributed by atoms with Crippen molar-refractivity contribution in [3.8, 4) is 0 Å². The Morgan fingerprint density at radius 3 is 2.40 bits per heavy atom. The highest BCUT2D eigenvalue weighted by atomic mass is 16.4. The first-order chi connectivity index (χ1) is 9.47. The number of nitrogens with one attached hydrogen (secondary N) is 1. The Bertz CT molecular complexity index is 679. The van der Waals surface area contributed by atoms with Gasteiger partial charge in [0.15, 0.2) is 0 Å². The molecule has 0 aliphatic carbocycles. The highest BCUT2D eigenvalue weighted by molar-refractivity contribution is 5.96. The van der Waals surface area contributed by atoms with Gasteiger partial charge in [-0.3, -0.25) is 0 Å². The summed E-state index contributed by atoms with van der Waals surface area (Å²) in [5.41, 5.74) is 2.07. The van der Waals surface area contributed by atoms with E-state index >= 15 is 0 Å². The molecule has 2 aromatic rings. The van der Waals surface area contributed by atoms with E-state index in [9.17, 15) is 14.7 Å². The lowest BCUT2D eigenvalue weighted by molar-refractivity contribution is 0.0686. The first-order valence-electron chi connectivity index (χ1n) is 5.91. The molecule has 0 spiro atoms. The van der Waals surface area contributed by atoms with E-state index in [0.717, 1.165) is 5.56 Å². The van der Waals surface area contributed by atoms with E-state index in [0.29, 0.717) is 11.4 Å². The van der Waals surface area contributed by atoms with Gasteiger partial charge in [0.05, 0.1) is 16.8 Å². The maximum Gasteiger partial charge on any atom is 0.337 e. The third kappa shape index (κ3) is 2.95. The summed E-state index contributed by atoms with van der Waals surface area (Å²) in [6, 6.07) is 11.2. The van der Waals surface area contributed by atoms with E-state index in [4.69, 9.17) is 5.11 Å². The summed E-state index contributed by atoms with van der Waals surface area (Å²) in [7, 11) is 0. The number of carboxylic acid groups (broad SMARTS) is 2. The first-order valence-corrected chi connectivity index (χ1v) is 5.91. The summed E-state index contributed by atoms with van der Waals surface area (Å²) in [4.78, 5) is 22.1. The van der Waals surface area contributed by atoms with Gasteiger partial charge in [-0.15, -0.1) is 0 Å². The van der Waals surface area contributed by atoms with Crippen molar-refractivity contribution in [2.24, 2.45) is 0 Å². The van der Waals surface area contributed by atoms with Crippen LogP contribution in [0.4, 0.5) is 11.4 Å². The molecule has 2 aromatic carbocycles. The molecule has 0 unspecified atom stereocenters. The van der Waals surface area contributed by atoms with Crippen molar-refractivity contribution in [3.63, 3.8) is 0 Å². The van der Waals surface area contributed by atoms with E-state index in [2.05, 4.69) is 5.32 Å². The number of benzene rings is 2. The maximum absolute atomic E-state index is 11.2. The topological polar surface area (TPSA) is 86.6 Å². The lowest BCUT2D eigenvalue weighted by Crippen LogP contribution is -2.04. The monoisotopic (exact) mass is 271 g/mol. The number of hydrogen-bond donors (Lipinski definition) is 3. The second kappa shape index (κ2) is 5.44. The van der Waals surface area contributed by atoms with E-state index in [-0.39, 0.29) is 11.1 Å². The average molecular weight is 271 g/mol. The molecule has 0 saturated heterocycles. The minimum atomic E-state index is -1.04. The van der Waals surface area contributed by atoms with Gasteiger partial charge >= 0.3 is 11.9 Å². The molecule has 5 nitrogen and oxygen atoms in total. The van der Waals surface area contributed by atoms with Crippen molar-refractivity contribution < 1.29 is 19.8 Å². The fourth-order valence-corrected chi connectivity index (χ4v) is 1.83. The van der Waals surface area contributed by atoms with Gasteiger partial charge in [-0.1, -0.05) is 17.7 Å². The molecule has 2 rings (SSSR count). The smallest absolute Gasteiger partial charge is 0.337 e. The van der Waals surface area contributed by atoms with E-state index in [1.807, 2.05) is 0 Å². The molecular weight excluding hydrogens is 258 g/mol. The molecule has 0 aliphatic heterocycles. The summed E-state index contributed by atoms with van der Waals surface area (Å²) in [5, 5.41) is 21.0. The largest absolute Gasteiger partial charge is 0.478 e. The molecule has 20 heavy (non-hydrogen) atoms. The van der Waals surface area contributed by atoms with Crippen molar-refractivity contribution in [2.75, 3.05) is 5.32 Å². The second-order valence-corrected chi connectivity index (χ2v) is 4.37.